The van der Waals surface area contributed by atoms with E-state index in [1.807, 2.05) is 41.8 Å². The lowest BCUT2D eigenvalue weighted by Gasteiger charge is -2.00. The standard InChI is InChI=1S/C9H8N2S/c1-7-6-9(12)11-5-3-2-4-8(11)10-7/h2-6H,1H3. The molecule has 0 aliphatic rings. The van der Waals surface area contributed by atoms with Gasteiger partial charge in [0.15, 0.2) is 0 Å². The molecule has 0 saturated heterocycles. The Balaban J connectivity index is 2.99. The fourth-order valence-corrected chi connectivity index (χ4v) is 1.50. The van der Waals surface area contributed by atoms with E-state index >= 15 is 0 Å². The Bertz CT molecular complexity index is 473. The molecular weight excluding hydrogens is 168 g/mol. The van der Waals surface area contributed by atoms with Crippen molar-refractivity contribution in [2.24, 2.45) is 0 Å². The third kappa shape index (κ3) is 1.12. The minimum atomic E-state index is 0.804. The quantitative estimate of drug-likeness (QED) is 0.573. The van der Waals surface area contributed by atoms with Gasteiger partial charge in [0.25, 0.3) is 0 Å². The first-order valence-corrected chi connectivity index (χ1v) is 4.13. The number of aryl methyl sites for hydroxylation is 1. The van der Waals surface area contributed by atoms with Crippen LogP contribution < -0.4 is 0 Å². The van der Waals surface area contributed by atoms with Gasteiger partial charge in [-0.15, -0.1) is 0 Å². The first-order valence-electron chi connectivity index (χ1n) is 3.72. The summed E-state index contributed by atoms with van der Waals surface area (Å²) in [6, 6.07) is 7.74. The largest absolute Gasteiger partial charge is 0.292 e. The van der Waals surface area contributed by atoms with Crippen molar-refractivity contribution in [2.45, 2.75) is 6.92 Å². The van der Waals surface area contributed by atoms with E-state index in [0.717, 1.165) is 16.0 Å². The fourth-order valence-electron chi connectivity index (χ4n) is 1.17. The van der Waals surface area contributed by atoms with Crippen LogP contribution in [0, 0.1) is 11.6 Å². The second-order valence-electron chi connectivity index (χ2n) is 2.66. The molecule has 2 heterocycles. The summed E-state index contributed by atoms with van der Waals surface area (Å²) < 4.78 is 2.70. The van der Waals surface area contributed by atoms with Crippen molar-refractivity contribution < 1.29 is 0 Å². The van der Waals surface area contributed by atoms with Gasteiger partial charge in [0.05, 0.1) is 0 Å². The Kier molecular flexibility index (Phi) is 1.66. The van der Waals surface area contributed by atoms with Gasteiger partial charge < -0.3 is 0 Å². The van der Waals surface area contributed by atoms with Crippen LogP contribution in [-0.4, -0.2) is 9.38 Å². The molecule has 0 fully saturated rings. The number of rotatable bonds is 0. The molecule has 0 aliphatic carbocycles. The molecule has 0 aromatic carbocycles. The summed E-state index contributed by atoms with van der Waals surface area (Å²) in [5.74, 6) is 0. The molecule has 0 N–H and O–H groups in total. The number of fused-ring (bicyclic) bond motifs is 1. The molecule has 2 aromatic rings. The summed E-state index contributed by atoms with van der Waals surface area (Å²) in [6.07, 6.45) is 1.92. The lowest BCUT2D eigenvalue weighted by Crippen LogP contribution is -1.93. The molecular formula is C9H8N2S. The van der Waals surface area contributed by atoms with Crippen LogP contribution in [0.1, 0.15) is 5.69 Å². The van der Waals surface area contributed by atoms with E-state index < -0.39 is 0 Å². The highest BCUT2D eigenvalue weighted by Crippen LogP contribution is 2.02. The fraction of sp³-hybridized carbons (Fsp3) is 0.111. The second kappa shape index (κ2) is 2.68. The number of aromatic nitrogens is 2. The van der Waals surface area contributed by atoms with Crippen LogP contribution in [0.3, 0.4) is 0 Å². The highest BCUT2D eigenvalue weighted by atomic mass is 32.1. The molecule has 0 amide bonds. The second-order valence-corrected chi connectivity index (χ2v) is 3.08. The molecule has 2 nitrogen and oxygen atoms in total. The smallest absolute Gasteiger partial charge is 0.137 e. The van der Waals surface area contributed by atoms with Crippen molar-refractivity contribution in [3.63, 3.8) is 0 Å². The van der Waals surface area contributed by atoms with Gasteiger partial charge >= 0.3 is 0 Å². The van der Waals surface area contributed by atoms with Gasteiger partial charge in [0.2, 0.25) is 0 Å². The zero-order chi connectivity index (χ0) is 8.55. The lowest BCUT2D eigenvalue weighted by molar-refractivity contribution is 1.05. The van der Waals surface area contributed by atoms with Gasteiger partial charge in [-0.05, 0) is 25.1 Å². The van der Waals surface area contributed by atoms with Crippen LogP contribution in [0.4, 0.5) is 0 Å². The average molecular weight is 176 g/mol. The van der Waals surface area contributed by atoms with Crippen molar-refractivity contribution in [3.05, 3.63) is 40.8 Å². The molecule has 0 radical (unpaired) electrons. The van der Waals surface area contributed by atoms with E-state index in [0.29, 0.717) is 0 Å². The molecule has 0 spiro atoms. The summed E-state index contributed by atoms with van der Waals surface area (Å²) in [5, 5.41) is 0. The predicted molar refractivity (Wildman–Crippen MR) is 50.8 cm³/mol. The van der Waals surface area contributed by atoms with Gasteiger partial charge in [-0.2, -0.15) is 0 Å². The molecule has 0 unspecified atom stereocenters. The first kappa shape index (κ1) is 7.43. The number of nitrogens with zero attached hydrogens (tertiary/aromatic N) is 2. The minimum absolute atomic E-state index is 0.804. The normalized spacial score (nSPS) is 10.4. The van der Waals surface area contributed by atoms with Gasteiger partial charge in [-0.1, -0.05) is 18.3 Å². The Morgan fingerprint density at radius 3 is 3.08 bits per heavy atom. The van der Waals surface area contributed by atoms with E-state index in [4.69, 9.17) is 12.2 Å². The van der Waals surface area contributed by atoms with E-state index in [1.54, 1.807) is 0 Å². The van der Waals surface area contributed by atoms with E-state index in [9.17, 15) is 0 Å². The Morgan fingerprint density at radius 1 is 1.42 bits per heavy atom. The van der Waals surface area contributed by atoms with Crippen LogP contribution in [0.2, 0.25) is 0 Å². The molecule has 60 valence electrons. The van der Waals surface area contributed by atoms with Crippen LogP contribution in [0.15, 0.2) is 30.5 Å². The van der Waals surface area contributed by atoms with Crippen molar-refractivity contribution in [2.75, 3.05) is 0 Å². The Labute approximate surface area is 75.5 Å². The van der Waals surface area contributed by atoms with Crippen LogP contribution in [-0.2, 0) is 0 Å². The molecule has 0 saturated carbocycles. The van der Waals surface area contributed by atoms with Gasteiger partial charge in [0.1, 0.15) is 10.3 Å². The van der Waals surface area contributed by atoms with Gasteiger partial charge in [-0.3, -0.25) is 4.40 Å². The predicted octanol–water partition coefficient (Wildman–Crippen LogP) is 2.37. The highest BCUT2D eigenvalue weighted by molar-refractivity contribution is 7.71. The summed E-state index contributed by atoms with van der Waals surface area (Å²) in [7, 11) is 0. The number of hydrogen-bond donors (Lipinski definition) is 0. The third-order valence-electron chi connectivity index (χ3n) is 1.70. The van der Waals surface area contributed by atoms with Crippen LogP contribution >= 0.6 is 12.2 Å². The van der Waals surface area contributed by atoms with E-state index in [1.165, 1.54) is 0 Å². The maximum Gasteiger partial charge on any atom is 0.137 e. The summed E-state index contributed by atoms with van der Waals surface area (Å²) >= 11 is 5.16. The van der Waals surface area contributed by atoms with Gasteiger partial charge in [-0.25, -0.2) is 4.98 Å². The van der Waals surface area contributed by atoms with Crippen molar-refractivity contribution in [3.8, 4) is 0 Å². The third-order valence-corrected chi connectivity index (χ3v) is 2.01. The van der Waals surface area contributed by atoms with Crippen LogP contribution in [0.5, 0.6) is 0 Å². The summed E-state index contributed by atoms with van der Waals surface area (Å²) in [6.45, 7) is 1.95. The monoisotopic (exact) mass is 176 g/mol. The Morgan fingerprint density at radius 2 is 2.25 bits per heavy atom. The molecule has 0 atom stereocenters. The molecule has 0 aliphatic heterocycles. The maximum absolute atomic E-state index is 5.16. The molecule has 12 heavy (non-hydrogen) atoms. The van der Waals surface area contributed by atoms with Crippen LogP contribution in [0.25, 0.3) is 5.65 Å². The first-order chi connectivity index (χ1) is 5.77. The van der Waals surface area contributed by atoms with Crippen molar-refractivity contribution in [1.82, 2.24) is 9.38 Å². The van der Waals surface area contributed by atoms with E-state index in [-0.39, 0.29) is 0 Å². The maximum atomic E-state index is 5.16. The highest BCUT2D eigenvalue weighted by Gasteiger charge is 1.93. The molecule has 2 rings (SSSR count). The number of pyridine rings is 1. The molecule has 2 aromatic heterocycles. The minimum Gasteiger partial charge on any atom is -0.292 e. The topological polar surface area (TPSA) is 17.3 Å². The summed E-state index contributed by atoms with van der Waals surface area (Å²) in [4.78, 5) is 4.33. The summed E-state index contributed by atoms with van der Waals surface area (Å²) in [5.41, 5.74) is 1.87. The average Bonchev–Trinajstić information content (AvgIpc) is 2.04. The zero-order valence-electron chi connectivity index (χ0n) is 6.69. The molecule has 0 bridgehead atoms. The van der Waals surface area contributed by atoms with Crippen molar-refractivity contribution in [1.29, 1.82) is 0 Å². The number of hydrogen-bond acceptors (Lipinski definition) is 2. The van der Waals surface area contributed by atoms with Crippen molar-refractivity contribution >= 4 is 17.9 Å². The van der Waals surface area contributed by atoms with E-state index in [2.05, 4.69) is 4.98 Å². The molecule has 3 heteroatoms. The van der Waals surface area contributed by atoms with Gasteiger partial charge in [0, 0.05) is 11.9 Å². The zero-order valence-corrected chi connectivity index (χ0v) is 7.51. The lowest BCUT2D eigenvalue weighted by atomic mass is 10.4. The SMILES string of the molecule is Cc1cc(=S)n2ccccc2n1. The Hall–Kier alpha value is -1.22.